The van der Waals surface area contributed by atoms with Gasteiger partial charge < -0.3 is 11.1 Å². The number of benzene rings is 1. The van der Waals surface area contributed by atoms with Crippen molar-refractivity contribution in [3.8, 4) is 5.69 Å². The summed E-state index contributed by atoms with van der Waals surface area (Å²) in [4.78, 5) is 22.8. The Labute approximate surface area is 151 Å². The van der Waals surface area contributed by atoms with Crippen molar-refractivity contribution >= 4 is 11.6 Å². The second kappa shape index (κ2) is 8.09. The topological polar surface area (TPSA) is 116 Å². The Hall–Kier alpha value is -2.74. The largest absolute Gasteiger partial charge is 0.346 e. The number of nitrogens with zero attached hydrogens (tertiary/aromatic N) is 3. The van der Waals surface area contributed by atoms with Crippen molar-refractivity contribution in [2.24, 2.45) is 11.7 Å². The van der Waals surface area contributed by atoms with Gasteiger partial charge in [0.2, 0.25) is 0 Å². The van der Waals surface area contributed by atoms with Crippen LogP contribution in [0.5, 0.6) is 0 Å². The van der Waals surface area contributed by atoms with Gasteiger partial charge in [-0.1, -0.05) is 19.3 Å². The van der Waals surface area contributed by atoms with Crippen molar-refractivity contribution in [1.29, 1.82) is 0 Å². The Bertz CT molecular complexity index is 765. The van der Waals surface area contributed by atoms with E-state index in [0.29, 0.717) is 23.8 Å². The molecule has 1 heterocycles. The molecule has 3 N–H and O–H groups in total. The Morgan fingerprint density at radius 1 is 1.27 bits per heavy atom. The van der Waals surface area contributed by atoms with E-state index in [2.05, 4.69) is 10.4 Å². The molecule has 0 radical (unpaired) electrons. The Balaban J connectivity index is 1.68. The van der Waals surface area contributed by atoms with Gasteiger partial charge in [0.15, 0.2) is 5.69 Å². The second-order valence-electron chi connectivity index (χ2n) is 6.63. The van der Waals surface area contributed by atoms with Gasteiger partial charge in [0.05, 0.1) is 10.6 Å². The molecule has 1 saturated carbocycles. The Kier molecular flexibility index (Phi) is 5.62. The highest BCUT2D eigenvalue weighted by Gasteiger charge is 2.25. The minimum Gasteiger partial charge on any atom is -0.346 e. The third-order valence-corrected chi connectivity index (χ3v) is 4.94. The fourth-order valence-electron chi connectivity index (χ4n) is 3.46. The number of rotatable bonds is 6. The molecule has 26 heavy (non-hydrogen) atoms. The number of hydrogen-bond acceptors (Lipinski definition) is 5. The summed E-state index contributed by atoms with van der Waals surface area (Å²) in [5.41, 5.74) is 6.83. The maximum absolute atomic E-state index is 12.5. The average molecular weight is 357 g/mol. The molecule has 1 aliphatic carbocycles. The number of amides is 1. The number of nitro groups is 1. The van der Waals surface area contributed by atoms with Crippen LogP contribution in [0.2, 0.25) is 0 Å². The highest BCUT2D eigenvalue weighted by molar-refractivity contribution is 5.92. The molecule has 0 spiro atoms. The van der Waals surface area contributed by atoms with Crippen LogP contribution in [0, 0.1) is 16.0 Å². The molecule has 1 fully saturated rings. The van der Waals surface area contributed by atoms with Crippen LogP contribution in [0.3, 0.4) is 0 Å². The van der Waals surface area contributed by atoms with E-state index in [4.69, 9.17) is 5.73 Å². The lowest BCUT2D eigenvalue weighted by Gasteiger charge is -2.29. The predicted molar refractivity (Wildman–Crippen MR) is 97.1 cm³/mol. The molecule has 1 unspecified atom stereocenters. The van der Waals surface area contributed by atoms with Crippen LogP contribution in [-0.2, 0) is 0 Å². The molecule has 0 aliphatic heterocycles. The second-order valence-corrected chi connectivity index (χ2v) is 6.63. The van der Waals surface area contributed by atoms with E-state index in [1.54, 1.807) is 24.4 Å². The first-order valence-corrected chi connectivity index (χ1v) is 8.90. The summed E-state index contributed by atoms with van der Waals surface area (Å²) in [6.07, 6.45) is 7.48. The number of aromatic nitrogens is 2. The molecule has 0 bridgehead atoms. The van der Waals surface area contributed by atoms with E-state index in [1.165, 1.54) is 36.1 Å². The number of carbonyl (C=O) groups is 1. The first-order chi connectivity index (χ1) is 12.6. The lowest BCUT2D eigenvalue weighted by Crippen LogP contribution is -2.46. The molecule has 2 aromatic rings. The van der Waals surface area contributed by atoms with Gasteiger partial charge in [-0.2, -0.15) is 5.10 Å². The van der Waals surface area contributed by atoms with Crippen LogP contribution >= 0.6 is 0 Å². The normalized spacial score (nSPS) is 16.2. The predicted octanol–water partition coefficient (Wildman–Crippen LogP) is 2.42. The molecule has 3 rings (SSSR count). The molecule has 138 valence electrons. The van der Waals surface area contributed by atoms with Gasteiger partial charge in [0.25, 0.3) is 11.6 Å². The Morgan fingerprint density at radius 3 is 2.58 bits per heavy atom. The summed E-state index contributed by atoms with van der Waals surface area (Å²) in [7, 11) is 0. The SMILES string of the molecule is NCC(NC(=O)c1ccn(-c2ccc([N+](=O)[O-])cc2)n1)C1CCCCC1. The standard InChI is InChI=1S/C18H23N5O3/c19-12-17(13-4-2-1-3-5-13)20-18(24)16-10-11-22(21-16)14-6-8-15(9-7-14)23(25)26/h6-11,13,17H,1-5,12,19H2,(H,20,24). The smallest absolute Gasteiger partial charge is 0.272 e. The molecular formula is C18H23N5O3. The van der Waals surface area contributed by atoms with Crippen molar-refractivity contribution in [1.82, 2.24) is 15.1 Å². The van der Waals surface area contributed by atoms with Crippen molar-refractivity contribution < 1.29 is 9.72 Å². The zero-order valence-corrected chi connectivity index (χ0v) is 14.5. The average Bonchev–Trinajstić information content (AvgIpc) is 3.17. The monoisotopic (exact) mass is 357 g/mol. The van der Waals surface area contributed by atoms with Crippen LogP contribution in [0.1, 0.15) is 42.6 Å². The highest BCUT2D eigenvalue weighted by atomic mass is 16.6. The Morgan fingerprint density at radius 2 is 1.96 bits per heavy atom. The van der Waals surface area contributed by atoms with E-state index in [1.807, 2.05) is 0 Å². The van der Waals surface area contributed by atoms with E-state index >= 15 is 0 Å². The molecule has 0 saturated heterocycles. The van der Waals surface area contributed by atoms with E-state index in [-0.39, 0.29) is 17.6 Å². The molecule has 1 amide bonds. The molecular weight excluding hydrogens is 334 g/mol. The summed E-state index contributed by atoms with van der Waals surface area (Å²) >= 11 is 0. The first-order valence-electron chi connectivity index (χ1n) is 8.90. The summed E-state index contributed by atoms with van der Waals surface area (Å²) in [5, 5.41) is 18.0. The zero-order valence-electron chi connectivity index (χ0n) is 14.5. The van der Waals surface area contributed by atoms with Gasteiger partial charge in [0, 0.05) is 30.9 Å². The summed E-state index contributed by atoms with van der Waals surface area (Å²) < 4.78 is 1.52. The first kappa shape index (κ1) is 18.1. The number of nitro benzene ring substituents is 1. The van der Waals surface area contributed by atoms with Gasteiger partial charge in [-0.3, -0.25) is 14.9 Å². The number of hydrogen-bond donors (Lipinski definition) is 2. The van der Waals surface area contributed by atoms with Gasteiger partial charge >= 0.3 is 0 Å². The molecule has 8 heteroatoms. The number of carbonyl (C=O) groups excluding carboxylic acids is 1. The van der Waals surface area contributed by atoms with E-state index in [9.17, 15) is 14.9 Å². The van der Waals surface area contributed by atoms with Crippen LogP contribution in [0.25, 0.3) is 5.69 Å². The van der Waals surface area contributed by atoms with Gasteiger partial charge in [0.1, 0.15) is 0 Å². The summed E-state index contributed by atoms with van der Waals surface area (Å²) in [5.74, 6) is 0.182. The van der Waals surface area contributed by atoms with Crippen molar-refractivity contribution in [3.05, 3.63) is 52.3 Å². The maximum Gasteiger partial charge on any atom is 0.272 e. The minimum absolute atomic E-state index is 0.0112. The minimum atomic E-state index is -0.454. The fraction of sp³-hybridized carbons (Fsp3) is 0.444. The lowest BCUT2D eigenvalue weighted by molar-refractivity contribution is -0.384. The van der Waals surface area contributed by atoms with Crippen LogP contribution in [0.15, 0.2) is 36.5 Å². The molecule has 1 aromatic carbocycles. The molecule has 8 nitrogen and oxygen atoms in total. The molecule has 1 aliphatic rings. The third kappa shape index (κ3) is 4.08. The molecule has 1 aromatic heterocycles. The summed E-state index contributed by atoms with van der Waals surface area (Å²) in [6.45, 7) is 0.416. The van der Waals surface area contributed by atoms with E-state index in [0.717, 1.165) is 12.8 Å². The van der Waals surface area contributed by atoms with E-state index < -0.39 is 4.92 Å². The van der Waals surface area contributed by atoms with Crippen molar-refractivity contribution in [2.75, 3.05) is 6.54 Å². The van der Waals surface area contributed by atoms with Crippen molar-refractivity contribution in [3.63, 3.8) is 0 Å². The lowest BCUT2D eigenvalue weighted by atomic mass is 9.84. The number of nitrogens with two attached hydrogens (primary N) is 1. The highest BCUT2D eigenvalue weighted by Crippen LogP contribution is 2.26. The van der Waals surface area contributed by atoms with Crippen molar-refractivity contribution in [2.45, 2.75) is 38.1 Å². The number of nitrogens with one attached hydrogen (secondary N) is 1. The quantitative estimate of drug-likeness (QED) is 0.608. The van der Waals surface area contributed by atoms with Gasteiger partial charge in [-0.15, -0.1) is 0 Å². The fourth-order valence-corrected chi connectivity index (χ4v) is 3.46. The molecule has 1 atom stereocenters. The van der Waals surface area contributed by atoms with Crippen LogP contribution < -0.4 is 11.1 Å². The zero-order chi connectivity index (χ0) is 18.5. The van der Waals surface area contributed by atoms with Crippen LogP contribution in [0.4, 0.5) is 5.69 Å². The van der Waals surface area contributed by atoms with Gasteiger partial charge in [-0.25, -0.2) is 4.68 Å². The number of non-ortho nitro benzene ring substituents is 1. The van der Waals surface area contributed by atoms with Crippen LogP contribution in [-0.4, -0.2) is 33.2 Å². The summed E-state index contributed by atoms with van der Waals surface area (Å²) in [6, 6.07) is 7.60. The maximum atomic E-state index is 12.5. The van der Waals surface area contributed by atoms with Gasteiger partial charge in [-0.05, 0) is 37.0 Å². The third-order valence-electron chi connectivity index (χ3n) is 4.94.